The Morgan fingerprint density at radius 1 is 1.07 bits per heavy atom. The van der Waals surface area contributed by atoms with E-state index in [0.717, 1.165) is 18.8 Å². The van der Waals surface area contributed by atoms with E-state index in [-0.39, 0.29) is 11.9 Å². The molecule has 3 heterocycles. The van der Waals surface area contributed by atoms with Gasteiger partial charge in [0.05, 0.1) is 5.56 Å². The number of nitrogens with one attached hydrogen (secondary N) is 1. The van der Waals surface area contributed by atoms with Gasteiger partial charge in [0.1, 0.15) is 0 Å². The Bertz CT molecular complexity index is 735. The van der Waals surface area contributed by atoms with E-state index in [9.17, 15) is 4.79 Å². The Morgan fingerprint density at radius 3 is 2.61 bits per heavy atom. The average Bonchev–Trinajstić information content (AvgIpc) is 3.15. The highest BCUT2D eigenvalue weighted by Crippen LogP contribution is 2.26. The van der Waals surface area contributed by atoms with Crippen molar-refractivity contribution in [1.82, 2.24) is 25.0 Å². The van der Waals surface area contributed by atoms with Crippen molar-refractivity contribution in [3.05, 3.63) is 42.4 Å². The molecule has 0 unspecified atom stereocenters. The SMILES string of the molecule is O=C(N[C@H]1CCCC[C@@H]1CN1CCCCCC1)c1ccc(-n2cccn2)nc1. The molecule has 150 valence electrons. The van der Waals surface area contributed by atoms with Crippen molar-refractivity contribution < 1.29 is 4.79 Å². The van der Waals surface area contributed by atoms with Crippen LogP contribution in [0.2, 0.25) is 0 Å². The fourth-order valence-corrected chi connectivity index (χ4v) is 4.58. The van der Waals surface area contributed by atoms with E-state index in [0.29, 0.717) is 11.5 Å². The van der Waals surface area contributed by atoms with E-state index in [2.05, 4.69) is 20.3 Å². The molecule has 6 heteroatoms. The highest BCUT2D eigenvalue weighted by atomic mass is 16.1. The summed E-state index contributed by atoms with van der Waals surface area (Å²) in [6.45, 7) is 3.56. The van der Waals surface area contributed by atoms with Gasteiger partial charge in [-0.2, -0.15) is 5.10 Å². The van der Waals surface area contributed by atoms with E-state index in [1.165, 1.54) is 58.0 Å². The second-order valence-electron chi connectivity index (χ2n) is 8.20. The first kappa shape index (κ1) is 19.1. The molecule has 2 aromatic heterocycles. The Labute approximate surface area is 167 Å². The van der Waals surface area contributed by atoms with Gasteiger partial charge in [0.25, 0.3) is 5.91 Å². The number of aromatic nitrogens is 3. The summed E-state index contributed by atoms with van der Waals surface area (Å²) in [5.41, 5.74) is 0.620. The van der Waals surface area contributed by atoms with Crippen LogP contribution in [0.3, 0.4) is 0 Å². The number of carbonyl (C=O) groups is 1. The van der Waals surface area contributed by atoms with Crippen LogP contribution in [-0.4, -0.2) is 51.2 Å². The molecule has 0 aromatic carbocycles. The van der Waals surface area contributed by atoms with E-state index < -0.39 is 0 Å². The Morgan fingerprint density at radius 2 is 1.89 bits per heavy atom. The summed E-state index contributed by atoms with van der Waals surface area (Å²) in [6.07, 6.45) is 15.4. The van der Waals surface area contributed by atoms with E-state index in [1.807, 2.05) is 24.4 Å². The topological polar surface area (TPSA) is 63.1 Å². The molecule has 1 aliphatic carbocycles. The molecular formula is C22H31N5O. The number of carbonyl (C=O) groups excluding carboxylic acids is 1. The number of likely N-dealkylation sites (tertiary alicyclic amines) is 1. The van der Waals surface area contributed by atoms with Gasteiger partial charge in [0, 0.05) is 31.2 Å². The van der Waals surface area contributed by atoms with Crippen LogP contribution in [0.1, 0.15) is 61.7 Å². The predicted octanol–water partition coefficient (Wildman–Crippen LogP) is 3.43. The van der Waals surface area contributed by atoms with Crippen molar-refractivity contribution in [3.63, 3.8) is 0 Å². The van der Waals surface area contributed by atoms with Crippen LogP contribution in [0.25, 0.3) is 5.82 Å². The molecule has 0 spiro atoms. The molecule has 2 atom stereocenters. The molecule has 1 aliphatic heterocycles. The fraction of sp³-hybridized carbons (Fsp3) is 0.591. The molecule has 4 rings (SSSR count). The Balaban J connectivity index is 1.37. The maximum atomic E-state index is 12.8. The zero-order valence-electron chi connectivity index (χ0n) is 16.6. The van der Waals surface area contributed by atoms with E-state index in [1.54, 1.807) is 17.1 Å². The second-order valence-corrected chi connectivity index (χ2v) is 8.20. The third-order valence-electron chi connectivity index (χ3n) is 6.17. The number of pyridine rings is 1. The summed E-state index contributed by atoms with van der Waals surface area (Å²) in [7, 11) is 0. The summed E-state index contributed by atoms with van der Waals surface area (Å²) >= 11 is 0. The minimum atomic E-state index is -0.00715. The zero-order chi connectivity index (χ0) is 19.2. The van der Waals surface area contributed by atoms with Crippen molar-refractivity contribution >= 4 is 5.91 Å². The second kappa shape index (κ2) is 9.32. The smallest absolute Gasteiger partial charge is 0.253 e. The van der Waals surface area contributed by atoms with Gasteiger partial charge >= 0.3 is 0 Å². The van der Waals surface area contributed by atoms with Crippen LogP contribution in [0.15, 0.2) is 36.8 Å². The quantitative estimate of drug-likeness (QED) is 0.862. The molecule has 2 aliphatic rings. The van der Waals surface area contributed by atoms with Gasteiger partial charge in [-0.15, -0.1) is 0 Å². The summed E-state index contributed by atoms with van der Waals surface area (Å²) in [4.78, 5) is 19.8. The number of nitrogens with zero attached hydrogens (tertiary/aromatic N) is 4. The molecule has 1 amide bonds. The molecular weight excluding hydrogens is 350 g/mol. The number of rotatable bonds is 5. The zero-order valence-corrected chi connectivity index (χ0v) is 16.6. The third-order valence-corrected chi connectivity index (χ3v) is 6.17. The summed E-state index contributed by atoms with van der Waals surface area (Å²) in [5, 5.41) is 7.49. The van der Waals surface area contributed by atoms with Crippen molar-refractivity contribution in [2.75, 3.05) is 19.6 Å². The van der Waals surface area contributed by atoms with Gasteiger partial charge in [-0.3, -0.25) is 4.79 Å². The monoisotopic (exact) mass is 381 g/mol. The molecule has 0 radical (unpaired) electrons. The lowest BCUT2D eigenvalue weighted by Gasteiger charge is -2.35. The van der Waals surface area contributed by atoms with Crippen LogP contribution in [-0.2, 0) is 0 Å². The van der Waals surface area contributed by atoms with E-state index >= 15 is 0 Å². The van der Waals surface area contributed by atoms with Crippen LogP contribution in [0.5, 0.6) is 0 Å². The molecule has 1 saturated carbocycles. The first-order valence-electron chi connectivity index (χ1n) is 10.8. The van der Waals surface area contributed by atoms with Crippen molar-refractivity contribution in [1.29, 1.82) is 0 Å². The number of amides is 1. The fourth-order valence-electron chi connectivity index (χ4n) is 4.58. The van der Waals surface area contributed by atoms with Crippen molar-refractivity contribution in [2.45, 2.75) is 57.4 Å². The lowest BCUT2D eigenvalue weighted by molar-refractivity contribution is 0.0885. The Kier molecular flexibility index (Phi) is 6.37. The molecule has 1 N–H and O–H groups in total. The van der Waals surface area contributed by atoms with Gasteiger partial charge in [0.2, 0.25) is 0 Å². The Hall–Kier alpha value is -2.21. The first-order valence-corrected chi connectivity index (χ1v) is 10.8. The number of hydrogen-bond donors (Lipinski definition) is 1. The van der Waals surface area contributed by atoms with Crippen LogP contribution in [0.4, 0.5) is 0 Å². The molecule has 2 aromatic rings. The molecule has 28 heavy (non-hydrogen) atoms. The maximum absolute atomic E-state index is 12.8. The van der Waals surface area contributed by atoms with E-state index in [4.69, 9.17) is 0 Å². The standard InChI is InChI=1S/C22H31N5O/c28-22(18-10-11-21(23-16-18)27-15-7-12-24-27)25-20-9-4-3-8-19(20)17-26-13-5-1-2-6-14-26/h7,10-12,15-16,19-20H,1-6,8-9,13-14,17H2,(H,25,28)/t19-,20+/m1/s1. The highest BCUT2D eigenvalue weighted by molar-refractivity contribution is 5.94. The molecule has 6 nitrogen and oxygen atoms in total. The molecule has 0 bridgehead atoms. The first-order chi connectivity index (χ1) is 13.8. The lowest BCUT2D eigenvalue weighted by Crippen LogP contribution is -2.46. The van der Waals surface area contributed by atoms with Gasteiger partial charge in [0.15, 0.2) is 5.82 Å². The molecule has 1 saturated heterocycles. The van der Waals surface area contributed by atoms with Gasteiger partial charge < -0.3 is 10.2 Å². The predicted molar refractivity (Wildman–Crippen MR) is 109 cm³/mol. The van der Waals surface area contributed by atoms with Crippen LogP contribution >= 0.6 is 0 Å². The largest absolute Gasteiger partial charge is 0.349 e. The van der Waals surface area contributed by atoms with Gasteiger partial charge in [-0.25, -0.2) is 9.67 Å². The lowest BCUT2D eigenvalue weighted by atomic mass is 9.84. The van der Waals surface area contributed by atoms with Crippen LogP contribution < -0.4 is 5.32 Å². The van der Waals surface area contributed by atoms with Gasteiger partial charge in [-0.1, -0.05) is 25.7 Å². The van der Waals surface area contributed by atoms with Crippen LogP contribution in [0, 0.1) is 5.92 Å². The highest BCUT2D eigenvalue weighted by Gasteiger charge is 2.28. The summed E-state index contributed by atoms with van der Waals surface area (Å²) in [5.74, 6) is 1.28. The van der Waals surface area contributed by atoms with Crippen molar-refractivity contribution in [2.24, 2.45) is 5.92 Å². The van der Waals surface area contributed by atoms with Crippen molar-refractivity contribution in [3.8, 4) is 5.82 Å². The molecule has 2 fully saturated rings. The van der Waals surface area contributed by atoms with Gasteiger partial charge in [-0.05, 0) is 62.9 Å². The summed E-state index contributed by atoms with van der Waals surface area (Å²) in [6, 6.07) is 5.81. The summed E-state index contributed by atoms with van der Waals surface area (Å²) < 4.78 is 1.69. The number of hydrogen-bond acceptors (Lipinski definition) is 4. The minimum Gasteiger partial charge on any atom is -0.349 e. The third kappa shape index (κ3) is 4.79. The average molecular weight is 382 g/mol. The minimum absolute atomic E-state index is 0.00715. The maximum Gasteiger partial charge on any atom is 0.253 e. The normalized spacial score (nSPS) is 23.9.